The Hall–Kier alpha value is -2.07. The van der Waals surface area contributed by atoms with Crippen LogP contribution in [0.2, 0.25) is 5.02 Å². The molecule has 0 saturated heterocycles. The molecule has 0 radical (unpaired) electrons. The number of hydrogen-bond acceptors (Lipinski definition) is 3. The van der Waals surface area contributed by atoms with Crippen molar-refractivity contribution in [2.24, 2.45) is 7.05 Å². The normalized spacial score (nSPS) is 10.4. The molecule has 0 spiro atoms. The van der Waals surface area contributed by atoms with Gasteiger partial charge in [0.1, 0.15) is 0 Å². The van der Waals surface area contributed by atoms with Crippen molar-refractivity contribution in [3.63, 3.8) is 0 Å². The molecule has 104 valence electrons. The number of aromatic nitrogens is 1. The van der Waals surface area contributed by atoms with Gasteiger partial charge in [-0.05, 0) is 36.8 Å². The van der Waals surface area contributed by atoms with Crippen LogP contribution in [0.5, 0.6) is 5.88 Å². The fourth-order valence-electron chi connectivity index (χ4n) is 2.04. The maximum absolute atomic E-state index is 12.5. The van der Waals surface area contributed by atoms with E-state index in [0.717, 1.165) is 5.56 Å². The Balaban J connectivity index is 2.42. The number of carbonyl (C=O) groups excluding carboxylic acids is 2. The molecule has 20 heavy (non-hydrogen) atoms. The number of ether oxygens (including phenoxy) is 1. The van der Waals surface area contributed by atoms with Crippen LogP contribution in [-0.2, 0) is 11.8 Å². The zero-order valence-electron chi connectivity index (χ0n) is 11.4. The van der Waals surface area contributed by atoms with Crippen LogP contribution in [0.1, 0.15) is 28.5 Å². The fraction of sp³-hybridized carbons (Fsp3) is 0.200. The maximum atomic E-state index is 12.5. The first kappa shape index (κ1) is 14.3. The Morgan fingerprint density at radius 3 is 2.35 bits per heavy atom. The molecular formula is C15H14ClNO3. The molecule has 2 rings (SSSR count). The summed E-state index contributed by atoms with van der Waals surface area (Å²) >= 11 is 5.81. The van der Waals surface area contributed by atoms with Gasteiger partial charge in [0, 0.05) is 30.6 Å². The lowest BCUT2D eigenvalue weighted by molar-refractivity contribution is -0.132. The van der Waals surface area contributed by atoms with Gasteiger partial charge >= 0.3 is 5.97 Å². The quantitative estimate of drug-likeness (QED) is 0.645. The standard InChI is InChI=1S/C15H14ClNO3/c1-9-8-13(20-10(2)18)17(3)14(9)15(19)11-4-6-12(16)7-5-11/h4-8H,1-3H3. The fourth-order valence-corrected chi connectivity index (χ4v) is 2.17. The largest absolute Gasteiger partial charge is 0.409 e. The number of nitrogens with zero attached hydrogens (tertiary/aromatic N) is 1. The minimum Gasteiger partial charge on any atom is -0.409 e. The summed E-state index contributed by atoms with van der Waals surface area (Å²) in [6.45, 7) is 3.12. The number of hydrogen-bond donors (Lipinski definition) is 0. The van der Waals surface area contributed by atoms with E-state index < -0.39 is 5.97 Å². The Morgan fingerprint density at radius 2 is 1.80 bits per heavy atom. The van der Waals surface area contributed by atoms with Crippen molar-refractivity contribution in [2.45, 2.75) is 13.8 Å². The lowest BCUT2D eigenvalue weighted by Gasteiger charge is -2.07. The Labute approximate surface area is 121 Å². The lowest BCUT2D eigenvalue weighted by atomic mass is 10.1. The average molecular weight is 292 g/mol. The summed E-state index contributed by atoms with van der Waals surface area (Å²) in [6.07, 6.45) is 0. The molecule has 0 aliphatic heterocycles. The van der Waals surface area contributed by atoms with Gasteiger partial charge in [0.25, 0.3) is 0 Å². The highest BCUT2D eigenvalue weighted by molar-refractivity contribution is 6.30. The van der Waals surface area contributed by atoms with Gasteiger partial charge in [-0.15, -0.1) is 0 Å². The van der Waals surface area contributed by atoms with Crippen LogP contribution >= 0.6 is 11.6 Å². The highest BCUT2D eigenvalue weighted by Gasteiger charge is 2.19. The third-order valence-electron chi connectivity index (χ3n) is 2.95. The highest BCUT2D eigenvalue weighted by Crippen LogP contribution is 2.24. The van der Waals surface area contributed by atoms with E-state index in [9.17, 15) is 9.59 Å². The molecule has 0 amide bonds. The predicted octanol–water partition coefficient (Wildman–Crippen LogP) is 3.14. The molecule has 5 heteroatoms. The van der Waals surface area contributed by atoms with Crippen molar-refractivity contribution < 1.29 is 14.3 Å². The summed E-state index contributed by atoms with van der Waals surface area (Å²) in [4.78, 5) is 23.5. The molecule has 0 unspecified atom stereocenters. The van der Waals surface area contributed by atoms with Crippen molar-refractivity contribution in [3.8, 4) is 5.88 Å². The van der Waals surface area contributed by atoms with Crippen molar-refractivity contribution in [3.05, 3.63) is 52.2 Å². The first-order valence-corrected chi connectivity index (χ1v) is 6.43. The SMILES string of the molecule is CC(=O)Oc1cc(C)c(C(=O)c2ccc(Cl)cc2)n1C. The Kier molecular flexibility index (Phi) is 3.95. The van der Waals surface area contributed by atoms with Crippen LogP contribution in [0.15, 0.2) is 30.3 Å². The van der Waals surface area contributed by atoms with Crippen molar-refractivity contribution in [2.75, 3.05) is 0 Å². The molecule has 0 fully saturated rings. The summed E-state index contributed by atoms with van der Waals surface area (Å²) in [7, 11) is 1.69. The minimum atomic E-state index is -0.420. The number of ketones is 1. The Bertz CT molecular complexity index is 671. The van der Waals surface area contributed by atoms with Crippen molar-refractivity contribution in [1.29, 1.82) is 0 Å². The molecule has 0 bridgehead atoms. The van der Waals surface area contributed by atoms with Crippen molar-refractivity contribution in [1.82, 2.24) is 4.57 Å². The first-order chi connectivity index (χ1) is 9.40. The third-order valence-corrected chi connectivity index (χ3v) is 3.20. The number of benzene rings is 1. The smallest absolute Gasteiger partial charge is 0.309 e. The summed E-state index contributed by atoms with van der Waals surface area (Å²) in [5.41, 5.74) is 1.78. The summed E-state index contributed by atoms with van der Waals surface area (Å²) < 4.78 is 6.64. The molecule has 0 aliphatic rings. The molecule has 1 aromatic heterocycles. The van der Waals surface area contributed by atoms with E-state index in [-0.39, 0.29) is 5.78 Å². The lowest BCUT2D eigenvalue weighted by Crippen LogP contribution is -2.11. The third kappa shape index (κ3) is 2.75. The summed E-state index contributed by atoms with van der Waals surface area (Å²) in [5.74, 6) is -0.205. The molecular weight excluding hydrogens is 278 g/mol. The molecule has 0 N–H and O–H groups in total. The summed E-state index contributed by atoms with van der Waals surface area (Å²) in [6, 6.07) is 8.34. The predicted molar refractivity (Wildman–Crippen MR) is 76.3 cm³/mol. The van der Waals surface area contributed by atoms with Crippen LogP contribution in [0, 0.1) is 6.92 Å². The van der Waals surface area contributed by atoms with E-state index in [1.54, 1.807) is 48.9 Å². The average Bonchev–Trinajstić information content (AvgIpc) is 2.64. The molecule has 1 aromatic carbocycles. The number of esters is 1. The summed E-state index contributed by atoms with van der Waals surface area (Å²) in [5, 5.41) is 0.575. The van der Waals surface area contributed by atoms with E-state index >= 15 is 0 Å². The van der Waals surface area contributed by atoms with Crippen LogP contribution in [0.4, 0.5) is 0 Å². The van der Waals surface area contributed by atoms with Gasteiger partial charge in [-0.2, -0.15) is 0 Å². The minimum absolute atomic E-state index is 0.139. The van der Waals surface area contributed by atoms with Crippen LogP contribution in [0.25, 0.3) is 0 Å². The molecule has 0 aliphatic carbocycles. The zero-order chi connectivity index (χ0) is 14.9. The number of rotatable bonds is 3. The molecule has 2 aromatic rings. The van der Waals surface area contributed by atoms with Crippen LogP contribution < -0.4 is 4.74 Å². The van der Waals surface area contributed by atoms with Gasteiger partial charge in [0.2, 0.25) is 11.7 Å². The van der Waals surface area contributed by atoms with E-state index in [1.807, 2.05) is 0 Å². The second kappa shape index (κ2) is 5.51. The van der Waals surface area contributed by atoms with E-state index in [0.29, 0.717) is 22.2 Å². The van der Waals surface area contributed by atoms with Gasteiger partial charge in [-0.25, -0.2) is 0 Å². The van der Waals surface area contributed by atoms with E-state index in [1.165, 1.54) is 6.92 Å². The number of aryl methyl sites for hydroxylation is 1. The molecule has 0 atom stereocenters. The molecule has 1 heterocycles. The highest BCUT2D eigenvalue weighted by atomic mass is 35.5. The molecule has 0 saturated carbocycles. The monoisotopic (exact) mass is 291 g/mol. The van der Waals surface area contributed by atoms with Crippen LogP contribution in [0.3, 0.4) is 0 Å². The second-order valence-electron chi connectivity index (χ2n) is 4.50. The van der Waals surface area contributed by atoms with Crippen molar-refractivity contribution >= 4 is 23.4 Å². The van der Waals surface area contributed by atoms with Gasteiger partial charge in [-0.3, -0.25) is 9.59 Å². The van der Waals surface area contributed by atoms with Gasteiger partial charge in [0.15, 0.2) is 0 Å². The number of halogens is 1. The zero-order valence-corrected chi connectivity index (χ0v) is 12.2. The Morgan fingerprint density at radius 1 is 1.20 bits per heavy atom. The van der Waals surface area contributed by atoms with Crippen LogP contribution in [-0.4, -0.2) is 16.3 Å². The van der Waals surface area contributed by atoms with Gasteiger partial charge < -0.3 is 9.30 Å². The van der Waals surface area contributed by atoms with Gasteiger partial charge in [0.05, 0.1) is 5.69 Å². The van der Waals surface area contributed by atoms with E-state index in [2.05, 4.69) is 0 Å². The topological polar surface area (TPSA) is 48.3 Å². The second-order valence-corrected chi connectivity index (χ2v) is 4.94. The number of carbonyl (C=O) groups is 2. The maximum Gasteiger partial charge on any atom is 0.309 e. The van der Waals surface area contributed by atoms with Gasteiger partial charge in [-0.1, -0.05) is 11.6 Å². The van der Waals surface area contributed by atoms with E-state index in [4.69, 9.17) is 16.3 Å². The molecule has 4 nitrogen and oxygen atoms in total. The first-order valence-electron chi connectivity index (χ1n) is 6.05.